The Balaban J connectivity index is 0.00000161. The summed E-state index contributed by atoms with van der Waals surface area (Å²) in [6.45, 7) is 2.10. The summed E-state index contributed by atoms with van der Waals surface area (Å²) in [5.74, 6) is 0.407. The fourth-order valence-electron chi connectivity index (χ4n) is 2.53. The average molecular weight is 366 g/mol. The molecule has 1 aromatic carbocycles. The van der Waals surface area contributed by atoms with Crippen molar-refractivity contribution in [2.24, 2.45) is 11.7 Å². The molecule has 21 heavy (non-hydrogen) atoms. The highest BCUT2D eigenvalue weighted by Gasteiger charge is 2.28. The number of benzene rings is 1. The summed E-state index contributed by atoms with van der Waals surface area (Å²) in [4.78, 5) is 15.0. The molecule has 0 spiro atoms. The Kier molecular flexibility index (Phi) is 5.38. The van der Waals surface area contributed by atoms with E-state index in [1.165, 1.54) is 11.3 Å². The molecule has 1 saturated heterocycles. The Morgan fingerprint density at radius 2 is 2.19 bits per heavy atom. The highest BCUT2D eigenvalue weighted by molar-refractivity contribution is 7.21. The number of fused-ring (bicyclic) bond motifs is 1. The summed E-state index contributed by atoms with van der Waals surface area (Å²) in [5.41, 5.74) is 5.67. The second kappa shape index (κ2) is 6.71. The third-order valence-corrected chi connectivity index (χ3v) is 5.57. The van der Waals surface area contributed by atoms with Crippen molar-refractivity contribution in [1.82, 2.24) is 4.90 Å². The smallest absolute Gasteiger partial charge is 0.265 e. The average Bonchev–Trinajstić information content (AvgIpc) is 3.03. The number of halogens is 3. The van der Waals surface area contributed by atoms with Crippen molar-refractivity contribution < 1.29 is 4.79 Å². The maximum Gasteiger partial charge on any atom is 0.265 e. The molecule has 0 aliphatic carbocycles. The van der Waals surface area contributed by atoms with Crippen molar-refractivity contribution in [2.45, 2.75) is 6.42 Å². The molecule has 1 aliphatic heterocycles. The lowest BCUT2D eigenvalue weighted by Crippen LogP contribution is -2.29. The molecular formula is C14H15Cl3N2OS. The van der Waals surface area contributed by atoms with E-state index < -0.39 is 0 Å². The topological polar surface area (TPSA) is 46.3 Å². The summed E-state index contributed by atoms with van der Waals surface area (Å²) in [6, 6.07) is 5.49. The van der Waals surface area contributed by atoms with Gasteiger partial charge in [-0.2, -0.15) is 0 Å². The number of hydrogen-bond acceptors (Lipinski definition) is 3. The van der Waals surface area contributed by atoms with Crippen molar-refractivity contribution in [3.63, 3.8) is 0 Å². The normalized spacial score (nSPS) is 18.0. The Labute approximate surface area is 143 Å². The maximum atomic E-state index is 12.6. The summed E-state index contributed by atoms with van der Waals surface area (Å²) >= 11 is 13.7. The van der Waals surface area contributed by atoms with Gasteiger partial charge < -0.3 is 10.6 Å². The van der Waals surface area contributed by atoms with E-state index in [2.05, 4.69) is 0 Å². The monoisotopic (exact) mass is 364 g/mol. The second-order valence-corrected chi connectivity index (χ2v) is 6.89. The summed E-state index contributed by atoms with van der Waals surface area (Å²) in [6.07, 6.45) is 0.969. The quantitative estimate of drug-likeness (QED) is 0.872. The predicted molar refractivity (Wildman–Crippen MR) is 92.2 cm³/mol. The number of carbonyl (C=O) groups is 1. The molecule has 0 bridgehead atoms. The molecule has 1 aromatic heterocycles. The maximum absolute atomic E-state index is 12.6. The molecule has 2 heterocycles. The van der Waals surface area contributed by atoms with Crippen LogP contribution in [-0.2, 0) is 0 Å². The molecule has 1 unspecified atom stereocenters. The Morgan fingerprint density at radius 3 is 2.86 bits per heavy atom. The van der Waals surface area contributed by atoms with Crippen LogP contribution in [0.2, 0.25) is 10.0 Å². The molecule has 1 fully saturated rings. The van der Waals surface area contributed by atoms with Crippen LogP contribution < -0.4 is 5.73 Å². The SMILES string of the molecule is Cl.NCC1CCN(C(=O)c2sc3cc(Cl)ccc3c2Cl)C1. The van der Waals surface area contributed by atoms with Crippen molar-refractivity contribution in [3.8, 4) is 0 Å². The minimum atomic E-state index is 0. The number of likely N-dealkylation sites (tertiary alicyclic amines) is 1. The molecule has 1 amide bonds. The number of thiophene rings is 1. The third kappa shape index (κ3) is 3.15. The van der Waals surface area contributed by atoms with Gasteiger partial charge in [0.1, 0.15) is 4.88 Å². The van der Waals surface area contributed by atoms with Gasteiger partial charge in [-0.15, -0.1) is 23.7 Å². The van der Waals surface area contributed by atoms with Gasteiger partial charge in [0.15, 0.2) is 0 Å². The molecule has 2 aromatic rings. The van der Waals surface area contributed by atoms with Gasteiger partial charge in [-0.3, -0.25) is 4.79 Å². The molecule has 1 aliphatic rings. The molecule has 0 radical (unpaired) electrons. The number of amides is 1. The fourth-order valence-corrected chi connectivity index (χ4v) is 4.29. The molecule has 0 saturated carbocycles. The van der Waals surface area contributed by atoms with Crippen LogP contribution >= 0.6 is 46.9 Å². The zero-order valence-corrected chi connectivity index (χ0v) is 14.3. The van der Waals surface area contributed by atoms with Crippen molar-refractivity contribution >= 4 is 62.9 Å². The molecule has 3 rings (SSSR count). The number of rotatable bonds is 2. The third-order valence-electron chi connectivity index (χ3n) is 3.69. The molecule has 7 heteroatoms. The minimum absolute atomic E-state index is 0. The Morgan fingerprint density at radius 1 is 1.43 bits per heavy atom. The first kappa shape index (κ1) is 16.8. The summed E-state index contributed by atoms with van der Waals surface area (Å²) in [5, 5.41) is 2.07. The van der Waals surface area contributed by atoms with Gasteiger partial charge in [-0.1, -0.05) is 29.3 Å². The standard InChI is InChI=1S/C14H14Cl2N2OS.ClH/c15-9-1-2-10-11(5-9)20-13(12(10)16)14(19)18-4-3-8(6-17)7-18;/h1-2,5,8H,3-4,6-7,17H2;1H. The largest absolute Gasteiger partial charge is 0.338 e. The Bertz CT molecular complexity index is 674. The van der Waals surface area contributed by atoms with Crippen LogP contribution in [0.1, 0.15) is 16.1 Å². The van der Waals surface area contributed by atoms with Gasteiger partial charge in [-0.25, -0.2) is 0 Å². The lowest BCUT2D eigenvalue weighted by molar-refractivity contribution is 0.0792. The van der Waals surface area contributed by atoms with Crippen LogP contribution in [0.15, 0.2) is 18.2 Å². The minimum Gasteiger partial charge on any atom is -0.338 e. The van der Waals surface area contributed by atoms with E-state index >= 15 is 0 Å². The first-order valence-electron chi connectivity index (χ1n) is 6.47. The van der Waals surface area contributed by atoms with E-state index in [9.17, 15) is 4.79 Å². The zero-order valence-electron chi connectivity index (χ0n) is 11.1. The molecule has 2 N–H and O–H groups in total. The van der Waals surface area contributed by atoms with Gasteiger partial charge in [0.25, 0.3) is 5.91 Å². The zero-order chi connectivity index (χ0) is 14.3. The van der Waals surface area contributed by atoms with E-state index in [-0.39, 0.29) is 18.3 Å². The van der Waals surface area contributed by atoms with Crippen LogP contribution in [0.25, 0.3) is 10.1 Å². The first-order chi connectivity index (χ1) is 9.60. The van der Waals surface area contributed by atoms with Crippen LogP contribution in [-0.4, -0.2) is 30.4 Å². The first-order valence-corrected chi connectivity index (χ1v) is 8.04. The Hall–Kier alpha value is -0.520. The van der Waals surface area contributed by atoms with E-state index in [1.807, 2.05) is 17.0 Å². The lowest BCUT2D eigenvalue weighted by atomic mass is 10.1. The van der Waals surface area contributed by atoms with Crippen molar-refractivity contribution in [1.29, 1.82) is 0 Å². The fraction of sp³-hybridized carbons (Fsp3) is 0.357. The molecular weight excluding hydrogens is 351 g/mol. The lowest BCUT2D eigenvalue weighted by Gasteiger charge is -2.15. The van der Waals surface area contributed by atoms with Crippen LogP contribution in [0, 0.1) is 5.92 Å². The number of nitrogens with two attached hydrogens (primary N) is 1. The number of carbonyl (C=O) groups excluding carboxylic acids is 1. The van der Waals surface area contributed by atoms with Crippen molar-refractivity contribution in [3.05, 3.63) is 33.1 Å². The van der Waals surface area contributed by atoms with Crippen LogP contribution in [0.5, 0.6) is 0 Å². The predicted octanol–water partition coefficient (Wildman–Crippen LogP) is 4.05. The van der Waals surface area contributed by atoms with E-state index in [4.69, 9.17) is 28.9 Å². The summed E-state index contributed by atoms with van der Waals surface area (Å²) in [7, 11) is 0. The van der Waals surface area contributed by atoms with Crippen molar-refractivity contribution in [2.75, 3.05) is 19.6 Å². The molecule has 1 atom stereocenters. The second-order valence-electron chi connectivity index (χ2n) is 5.03. The van der Waals surface area contributed by atoms with Gasteiger partial charge >= 0.3 is 0 Å². The molecule has 114 valence electrons. The van der Waals surface area contributed by atoms with Crippen LogP contribution in [0.3, 0.4) is 0 Å². The number of hydrogen-bond donors (Lipinski definition) is 1. The van der Waals surface area contributed by atoms with Gasteiger partial charge in [0, 0.05) is 28.2 Å². The van der Waals surface area contributed by atoms with Gasteiger partial charge in [-0.05, 0) is 31.0 Å². The van der Waals surface area contributed by atoms with E-state index in [0.717, 1.165) is 29.6 Å². The molecule has 3 nitrogen and oxygen atoms in total. The highest BCUT2D eigenvalue weighted by Crippen LogP contribution is 2.37. The van der Waals surface area contributed by atoms with E-state index in [1.54, 1.807) is 6.07 Å². The van der Waals surface area contributed by atoms with Gasteiger partial charge in [0.2, 0.25) is 0 Å². The number of nitrogens with zero attached hydrogens (tertiary/aromatic N) is 1. The van der Waals surface area contributed by atoms with Gasteiger partial charge in [0.05, 0.1) is 5.02 Å². The summed E-state index contributed by atoms with van der Waals surface area (Å²) < 4.78 is 0.945. The van der Waals surface area contributed by atoms with E-state index in [0.29, 0.717) is 27.4 Å². The van der Waals surface area contributed by atoms with Crippen LogP contribution in [0.4, 0.5) is 0 Å². The highest BCUT2D eigenvalue weighted by atomic mass is 35.5.